The van der Waals surface area contributed by atoms with Crippen LogP contribution in [0.15, 0.2) is 48.5 Å². The van der Waals surface area contributed by atoms with Crippen LogP contribution in [0.4, 0.5) is 24.5 Å². The van der Waals surface area contributed by atoms with Gasteiger partial charge in [0.15, 0.2) is 0 Å². The van der Waals surface area contributed by atoms with Crippen molar-refractivity contribution >= 4 is 23.4 Å². The number of hydrogen-bond donors (Lipinski definition) is 2. The van der Waals surface area contributed by atoms with Crippen LogP contribution in [0.5, 0.6) is 5.75 Å². The number of nitrogens with one attached hydrogen (secondary N) is 2. The summed E-state index contributed by atoms with van der Waals surface area (Å²) >= 11 is 0. The van der Waals surface area contributed by atoms with Crippen LogP contribution in [0.3, 0.4) is 0 Å². The molecule has 2 N–H and O–H groups in total. The van der Waals surface area contributed by atoms with Crippen LogP contribution in [-0.2, 0) is 0 Å². The summed E-state index contributed by atoms with van der Waals surface area (Å²) in [5.74, 6) is 0.364. The van der Waals surface area contributed by atoms with E-state index in [0.29, 0.717) is 29.1 Å². The van der Waals surface area contributed by atoms with Crippen molar-refractivity contribution in [2.45, 2.75) is 25.6 Å². The first-order valence-corrected chi connectivity index (χ1v) is 8.36. The summed E-state index contributed by atoms with van der Waals surface area (Å²) in [7, 11) is 0. The molecule has 1 aliphatic heterocycles. The third kappa shape index (κ3) is 5.03. The monoisotopic (exact) mass is 376 g/mol. The molecule has 3 rings (SSSR count). The zero-order valence-corrected chi connectivity index (χ0v) is 14.9. The summed E-state index contributed by atoms with van der Waals surface area (Å²) in [6, 6.07) is 11.2. The van der Waals surface area contributed by atoms with Gasteiger partial charge >= 0.3 is 6.18 Å². The highest BCUT2D eigenvalue weighted by molar-refractivity contribution is 6.04. The number of amides is 1. The first kappa shape index (κ1) is 18.8. The van der Waals surface area contributed by atoms with E-state index in [1.54, 1.807) is 18.2 Å². The van der Waals surface area contributed by atoms with Crippen LogP contribution in [-0.4, -0.2) is 24.2 Å². The molecule has 0 bridgehead atoms. The number of hydrogen-bond acceptors (Lipinski definition) is 3. The predicted molar refractivity (Wildman–Crippen MR) is 99.1 cm³/mol. The molecule has 0 aromatic heterocycles. The molecule has 1 heterocycles. The maximum atomic E-state index is 12.4. The Balaban J connectivity index is 1.68. The van der Waals surface area contributed by atoms with Crippen molar-refractivity contribution in [3.05, 3.63) is 59.7 Å². The Labute approximate surface area is 155 Å². The molecule has 2 aromatic rings. The van der Waals surface area contributed by atoms with E-state index in [2.05, 4.69) is 10.6 Å². The minimum Gasteiger partial charge on any atom is -0.484 e. The van der Waals surface area contributed by atoms with Gasteiger partial charge in [-0.25, -0.2) is 0 Å². The molecule has 0 aliphatic carbocycles. The van der Waals surface area contributed by atoms with E-state index < -0.39 is 6.18 Å². The number of alkyl halides is 3. The highest BCUT2D eigenvalue weighted by Crippen LogP contribution is 2.34. The summed E-state index contributed by atoms with van der Waals surface area (Å²) in [5, 5.41) is 6.04. The van der Waals surface area contributed by atoms with Gasteiger partial charge in [0.2, 0.25) is 0 Å². The Hall–Kier alpha value is -2.96. The van der Waals surface area contributed by atoms with Gasteiger partial charge in [-0.2, -0.15) is 13.2 Å². The molecule has 0 unspecified atom stereocenters. The summed E-state index contributed by atoms with van der Waals surface area (Å²) in [4.78, 5) is 12.4. The molecule has 0 radical (unpaired) electrons. The number of halogens is 3. The number of rotatable bonds is 3. The molecule has 1 aliphatic rings. The fraction of sp³-hybridized carbons (Fsp3) is 0.250. The van der Waals surface area contributed by atoms with E-state index in [4.69, 9.17) is 4.74 Å². The van der Waals surface area contributed by atoms with E-state index in [0.717, 1.165) is 11.8 Å². The third-order valence-corrected chi connectivity index (χ3v) is 3.97. The maximum Gasteiger partial charge on any atom is 0.409 e. The molecule has 4 nitrogen and oxygen atoms in total. The molecule has 0 saturated carbocycles. The van der Waals surface area contributed by atoms with Crippen LogP contribution in [0.25, 0.3) is 6.08 Å². The average molecular weight is 376 g/mol. The Morgan fingerprint density at radius 2 is 1.89 bits per heavy atom. The molecule has 142 valence electrons. The summed E-state index contributed by atoms with van der Waals surface area (Å²) in [6.45, 7) is 4.60. The lowest BCUT2D eigenvalue weighted by Crippen LogP contribution is -2.40. The standard InChI is InChI=1S/C20H19F3N2O2/c1-19(2)12-24-16-11-15(7-8-17(16)27-19)25-18(26)14-5-3-13(4-6-14)9-10-20(21,22)23/h3-11,24H,12H2,1-2H3,(H,25,26)/b10-9+. The Morgan fingerprint density at radius 1 is 1.19 bits per heavy atom. The molecule has 0 saturated heterocycles. The minimum absolute atomic E-state index is 0.158. The molecule has 1 amide bonds. The van der Waals surface area contributed by atoms with Gasteiger partial charge in [-0.15, -0.1) is 0 Å². The van der Waals surface area contributed by atoms with Crippen molar-refractivity contribution in [3.63, 3.8) is 0 Å². The second kappa shape index (κ2) is 6.98. The Morgan fingerprint density at radius 3 is 2.56 bits per heavy atom. The number of ether oxygens (including phenoxy) is 1. The molecular weight excluding hydrogens is 357 g/mol. The van der Waals surface area contributed by atoms with Crippen molar-refractivity contribution in [2.24, 2.45) is 0 Å². The quantitative estimate of drug-likeness (QED) is 0.784. The number of fused-ring (bicyclic) bond motifs is 1. The van der Waals surface area contributed by atoms with E-state index in [9.17, 15) is 18.0 Å². The number of carbonyl (C=O) groups is 1. The average Bonchev–Trinajstić information content (AvgIpc) is 2.59. The SMILES string of the molecule is CC1(C)CNc2cc(NC(=O)c3ccc(/C=C/C(F)(F)F)cc3)ccc2O1. The molecule has 27 heavy (non-hydrogen) atoms. The first-order valence-electron chi connectivity index (χ1n) is 8.36. The van der Waals surface area contributed by atoms with Crippen LogP contribution < -0.4 is 15.4 Å². The predicted octanol–water partition coefficient (Wildman–Crippen LogP) is 5.10. The van der Waals surface area contributed by atoms with Crippen LogP contribution >= 0.6 is 0 Å². The number of anilines is 2. The summed E-state index contributed by atoms with van der Waals surface area (Å²) < 4.78 is 42.4. The minimum atomic E-state index is -4.37. The molecule has 0 atom stereocenters. The van der Waals surface area contributed by atoms with Crippen LogP contribution in [0.1, 0.15) is 29.8 Å². The summed E-state index contributed by atoms with van der Waals surface area (Å²) in [6.07, 6.45) is -3.25. The Kier molecular flexibility index (Phi) is 4.87. The van der Waals surface area contributed by atoms with Crippen molar-refractivity contribution < 1.29 is 22.7 Å². The van der Waals surface area contributed by atoms with Gasteiger partial charge in [-0.05, 0) is 49.7 Å². The zero-order chi connectivity index (χ0) is 19.7. The molecule has 2 aromatic carbocycles. The van der Waals surface area contributed by atoms with E-state index in [-0.39, 0.29) is 17.6 Å². The van der Waals surface area contributed by atoms with Gasteiger partial charge in [0.25, 0.3) is 5.91 Å². The van der Waals surface area contributed by atoms with Gasteiger partial charge in [-0.1, -0.05) is 18.2 Å². The van der Waals surface area contributed by atoms with Crippen molar-refractivity contribution in [3.8, 4) is 5.75 Å². The van der Waals surface area contributed by atoms with Crippen molar-refractivity contribution in [2.75, 3.05) is 17.2 Å². The van der Waals surface area contributed by atoms with Crippen LogP contribution in [0, 0.1) is 0 Å². The lowest BCUT2D eigenvalue weighted by Gasteiger charge is -2.33. The van der Waals surface area contributed by atoms with Gasteiger partial charge < -0.3 is 15.4 Å². The number of carbonyl (C=O) groups excluding carboxylic acids is 1. The molecule has 7 heteroatoms. The highest BCUT2D eigenvalue weighted by atomic mass is 19.4. The summed E-state index contributed by atoms with van der Waals surface area (Å²) in [5.41, 5.74) is 1.79. The van der Waals surface area contributed by atoms with E-state index >= 15 is 0 Å². The first-order chi connectivity index (χ1) is 12.6. The third-order valence-electron chi connectivity index (χ3n) is 3.97. The zero-order valence-electron chi connectivity index (χ0n) is 14.9. The Bertz CT molecular complexity index is 872. The second-order valence-corrected chi connectivity index (χ2v) is 6.88. The highest BCUT2D eigenvalue weighted by Gasteiger charge is 2.26. The second-order valence-electron chi connectivity index (χ2n) is 6.88. The van der Waals surface area contributed by atoms with Gasteiger partial charge in [-0.3, -0.25) is 4.79 Å². The fourth-order valence-electron chi connectivity index (χ4n) is 2.62. The number of allylic oxidation sites excluding steroid dienone is 1. The normalized spacial score (nSPS) is 15.6. The fourth-order valence-corrected chi connectivity index (χ4v) is 2.62. The van der Waals surface area contributed by atoms with Crippen molar-refractivity contribution in [1.82, 2.24) is 0 Å². The van der Waals surface area contributed by atoms with E-state index in [1.807, 2.05) is 13.8 Å². The smallest absolute Gasteiger partial charge is 0.409 e. The van der Waals surface area contributed by atoms with Crippen molar-refractivity contribution in [1.29, 1.82) is 0 Å². The largest absolute Gasteiger partial charge is 0.484 e. The topological polar surface area (TPSA) is 50.4 Å². The van der Waals surface area contributed by atoms with E-state index in [1.165, 1.54) is 24.3 Å². The van der Waals surface area contributed by atoms with Gasteiger partial charge in [0.1, 0.15) is 11.4 Å². The maximum absolute atomic E-state index is 12.4. The molecule has 0 fully saturated rings. The molecule has 0 spiro atoms. The lowest BCUT2D eigenvalue weighted by atomic mass is 10.1. The van der Waals surface area contributed by atoms with Crippen LogP contribution in [0.2, 0.25) is 0 Å². The van der Waals surface area contributed by atoms with Gasteiger partial charge in [0.05, 0.1) is 12.2 Å². The number of benzene rings is 2. The van der Waals surface area contributed by atoms with Gasteiger partial charge in [0, 0.05) is 17.3 Å². The molecular formula is C20H19F3N2O2. The lowest BCUT2D eigenvalue weighted by molar-refractivity contribution is -0.0790.